The number of rotatable bonds is 4. The Morgan fingerprint density at radius 3 is 2.64 bits per heavy atom. The van der Waals surface area contributed by atoms with Gasteiger partial charge in [0.25, 0.3) is 0 Å². The predicted octanol–water partition coefficient (Wildman–Crippen LogP) is 3.53. The molecule has 0 saturated heterocycles. The van der Waals surface area contributed by atoms with E-state index in [2.05, 4.69) is 4.98 Å². The maximum Gasteiger partial charge on any atom is 0.358 e. The molecule has 0 aliphatic rings. The van der Waals surface area contributed by atoms with Crippen LogP contribution in [0.15, 0.2) is 24.5 Å². The lowest BCUT2D eigenvalue weighted by atomic mass is 10.2. The number of esters is 1. The van der Waals surface area contributed by atoms with Gasteiger partial charge in [0.05, 0.1) is 25.1 Å². The topological polar surface area (TPSA) is 53.3 Å². The van der Waals surface area contributed by atoms with Crippen molar-refractivity contribution in [3.8, 4) is 11.4 Å². The fraction of sp³-hybridized carbons (Fsp3) is 0.375. The van der Waals surface area contributed by atoms with Gasteiger partial charge in [0.2, 0.25) is 0 Å². The third-order valence-corrected chi connectivity index (χ3v) is 2.89. The van der Waals surface area contributed by atoms with Crippen LogP contribution in [0.5, 0.6) is 5.75 Å². The smallest absolute Gasteiger partial charge is 0.358 e. The first-order valence-electron chi connectivity index (χ1n) is 7.13. The number of hydrogen-bond donors (Lipinski definition) is 0. The second-order valence-corrected chi connectivity index (χ2v) is 4.09. The summed E-state index contributed by atoms with van der Waals surface area (Å²) in [6.45, 7) is 7.66. The summed E-state index contributed by atoms with van der Waals surface area (Å²) in [6.07, 6.45) is 1.39. The van der Waals surface area contributed by atoms with Crippen LogP contribution in [0.4, 0.5) is 4.39 Å². The molecule has 2 rings (SSSR count). The van der Waals surface area contributed by atoms with E-state index in [0.717, 1.165) is 0 Å². The standard InChI is InChI=1S/C14H15FN2O3.C2H6/c1-4-20-14(18)13-9(2)17(8-16-13)12-7-10(19-3)5-6-11(12)15;1-2/h5-8H,4H2,1-3H3;1-2H3. The lowest BCUT2D eigenvalue weighted by Gasteiger charge is -2.09. The van der Waals surface area contributed by atoms with Crippen molar-refractivity contribution in [3.63, 3.8) is 0 Å². The molecular weight excluding hydrogens is 287 g/mol. The Bertz CT molecular complexity index is 638. The number of methoxy groups -OCH3 is 1. The summed E-state index contributed by atoms with van der Waals surface area (Å²) in [5.74, 6) is -0.430. The van der Waals surface area contributed by atoms with E-state index in [9.17, 15) is 9.18 Å². The largest absolute Gasteiger partial charge is 0.497 e. The molecule has 1 aromatic carbocycles. The van der Waals surface area contributed by atoms with Crippen molar-refractivity contribution < 1.29 is 18.7 Å². The quantitative estimate of drug-likeness (QED) is 0.811. The molecule has 2 aromatic rings. The lowest BCUT2D eigenvalue weighted by molar-refractivity contribution is 0.0519. The van der Waals surface area contributed by atoms with Gasteiger partial charge in [-0.3, -0.25) is 4.57 Å². The number of ether oxygens (including phenoxy) is 2. The van der Waals surface area contributed by atoms with Gasteiger partial charge in [-0.15, -0.1) is 0 Å². The van der Waals surface area contributed by atoms with E-state index in [0.29, 0.717) is 11.4 Å². The SMILES string of the molecule is CC.CCOC(=O)c1ncn(-c2cc(OC)ccc2F)c1C. The molecule has 0 amide bonds. The van der Waals surface area contributed by atoms with Crippen LogP contribution in [-0.4, -0.2) is 29.2 Å². The average molecular weight is 308 g/mol. The van der Waals surface area contributed by atoms with Gasteiger partial charge >= 0.3 is 5.97 Å². The summed E-state index contributed by atoms with van der Waals surface area (Å²) in [6, 6.07) is 4.37. The van der Waals surface area contributed by atoms with Crippen molar-refractivity contribution in [2.24, 2.45) is 0 Å². The molecule has 0 spiro atoms. The van der Waals surface area contributed by atoms with Crippen molar-refractivity contribution >= 4 is 5.97 Å². The van der Waals surface area contributed by atoms with Crippen molar-refractivity contribution in [1.29, 1.82) is 0 Å². The van der Waals surface area contributed by atoms with Gasteiger partial charge in [-0.1, -0.05) is 13.8 Å². The molecular formula is C16H21FN2O3. The molecule has 0 fully saturated rings. The van der Waals surface area contributed by atoms with Crippen LogP contribution in [0.2, 0.25) is 0 Å². The first-order chi connectivity index (χ1) is 10.6. The summed E-state index contributed by atoms with van der Waals surface area (Å²) in [4.78, 5) is 15.7. The van der Waals surface area contributed by atoms with E-state index < -0.39 is 11.8 Å². The van der Waals surface area contributed by atoms with Crippen molar-refractivity contribution in [2.75, 3.05) is 13.7 Å². The van der Waals surface area contributed by atoms with Crippen LogP contribution >= 0.6 is 0 Å². The monoisotopic (exact) mass is 308 g/mol. The highest BCUT2D eigenvalue weighted by molar-refractivity contribution is 5.88. The number of halogens is 1. The zero-order chi connectivity index (χ0) is 16.7. The Balaban J connectivity index is 0.00000116. The van der Waals surface area contributed by atoms with Gasteiger partial charge in [-0.05, 0) is 26.0 Å². The van der Waals surface area contributed by atoms with Crippen molar-refractivity contribution in [3.05, 3.63) is 41.7 Å². The molecule has 0 atom stereocenters. The first-order valence-corrected chi connectivity index (χ1v) is 7.13. The number of nitrogens with zero attached hydrogens (tertiary/aromatic N) is 2. The molecule has 0 unspecified atom stereocenters. The molecule has 1 heterocycles. The van der Waals surface area contributed by atoms with Gasteiger partial charge in [0.1, 0.15) is 17.9 Å². The molecule has 0 aliphatic heterocycles. The molecule has 120 valence electrons. The van der Waals surface area contributed by atoms with Crippen LogP contribution in [0, 0.1) is 12.7 Å². The highest BCUT2D eigenvalue weighted by Gasteiger charge is 2.18. The third-order valence-electron chi connectivity index (χ3n) is 2.89. The molecule has 5 nitrogen and oxygen atoms in total. The summed E-state index contributed by atoms with van der Waals surface area (Å²) in [5.41, 5.74) is 0.953. The fourth-order valence-electron chi connectivity index (χ4n) is 1.86. The Kier molecular flexibility index (Phi) is 6.56. The number of carbonyl (C=O) groups excluding carboxylic acids is 1. The number of hydrogen-bond acceptors (Lipinski definition) is 4. The molecule has 1 aromatic heterocycles. The number of imidazole rings is 1. The average Bonchev–Trinajstić information content (AvgIpc) is 2.92. The van der Waals surface area contributed by atoms with Crippen LogP contribution in [0.3, 0.4) is 0 Å². The lowest BCUT2D eigenvalue weighted by Crippen LogP contribution is -2.08. The van der Waals surface area contributed by atoms with Crippen LogP contribution in [0.25, 0.3) is 5.69 Å². The van der Waals surface area contributed by atoms with Crippen molar-refractivity contribution in [2.45, 2.75) is 27.7 Å². The van der Waals surface area contributed by atoms with E-state index in [-0.39, 0.29) is 18.0 Å². The molecule has 22 heavy (non-hydrogen) atoms. The normalized spacial score (nSPS) is 9.73. The second-order valence-electron chi connectivity index (χ2n) is 4.09. The fourth-order valence-corrected chi connectivity index (χ4v) is 1.86. The summed E-state index contributed by atoms with van der Waals surface area (Å²) >= 11 is 0. The van der Waals surface area contributed by atoms with E-state index >= 15 is 0 Å². The molecule has 0 N–H and O–H groups in total. The minimum Gasteiger partial charge on any atom is -0.497 e. The Hall–Kier alpha value is -2.37. The maximum atomic E-state index is 13.9. The van der Waals surface area contributed by atoms with E-state index in [1.165, 1.54) is 30.1 Å². The summed E-state index contributed by atoms with van der Waals surface area (Å²) in [5, 5.41) is 0. The van der Waals surface area contributed by atoms with E-state index in [4.69, 9.17) is 9.47 Å². The molecule has 0 aliphatic carbocycles. The highest BCUT2D eigenvalue weighted by Crippen LogP contribution is 2.22. The van der Waals surface area contributed by atoms with Gasteiger partial charge in [-0.25, -0.2) is 14.2 Å². The van der Waals surface area contributed by atoms with Gasteiger partial charge in [0.15, 0.2) is 5.69 Å². The Labute approximate surface area is 129 Å². The molecule has 0 saturated carbocycles. The second kappa shape index (κ2) is 8.17. The van der Waals surface area contributed by atoms with Crippen LogP contribution < -0.4 is 4.74 Å². The number of aromatic nitrogens is 2. The molecule has 6 heteroatoms. The Morgan fingerprint density at radius 2 is 2.05 bits per heavy atom. The van der Waals surface area contributed by atoms with E-state index in [1.807, 2.05) is 13.8 Å². The van der Waals surface area contributed by atoms with Gasteiger partial charge < -0.3 is 9.47 Å². The zero-order valence-electron chi connectivity index (χ0n) is 13.5. The Morgan fingerprint density at radius 1 is 1.36 bits per heavy atom. The molecule has 0 radical (unpaired) electrons. The maximum absolute atomic E-state index is 13.9. The number of carbonyl (C=O) groups is 1. The van der Waals surface area contributed by atoms with Gasteiger partial charge in [-0.2, -0.15) is 0 Å². The van der Waals surface area contributed by atoms with Crippen molar-refractivity contribution in [1.82, 2.24) is 9.55 Å². The number of benzene rings is 1. The van der Waals surface area contributed by atoms with Crippen LogP contribution in [-0.2, 0) is 4.74 Å². The van der Waals surface area contributed by atoms with Gasteiger partial charge in [0, 0.05) is 6.07 Å². The summed E-state index contributed by atoms with van der Waals surface area (Å²) in [7, 11) is 1.50. The molecule has 0 bridgehead atoms. The predicted molar refractivity (Wildman–Crippen MR) is 82.1 cm³/mol. The zero-order valence-corrected chi connectivity index (χ0v) is 13.5. The first kappa shape index (κ1) is 17.7. The minimum atomic E-state index is -0.521. The highest BCUT2D eigenvalue weighted by atomic mass is 19.1. The summed E-state index contributed by atoms with van der Waals surface area (Å²) < 4.78 is 25.4. The third kappa shape index (κ3) is 3.63. The van der Waals surface area contributed by atoms with E-state index in [1.54, 1.807) is 19.9 Å². The van der Waals surface area contributed by atoms with Crippen LogP contribution in [0.1, 0.15) is 37.0 Å². The minimum absolute atomic E-state index is 0.175.